The summed E-state index contributed by atoms with van der Waals surface area (Å²) in [7, 11) is 0. The van der Waals surface area contributed by atoms with E-state index in [9.17, 15) is 27.2 Å². The molecule has 1 saturated carbocycles. The van der Waals surface area contributed by atoms with Crippen molar-refractivity contribution >= 4 is 11.8 Å². The van der Waals surface area contributed by atoms with Crippen LogP contribution in [0.25, 0.3) is 0 Å². The number of amides is 2. The first-order valence-electron chi connectivity index (χ1n) is 11.6. The number of ether oxygens (including phenoxy) is 1. The molecule has 1 N–H and O–H groups in total. The molecule has 9 heteroatoms. The maximum Gasteiger partial charge on any atom is 0.416 e. The van der Waals surface area contributed by atoms with Gasteiger partial charge in [0.25, 0.3) is 5.91 Å². The van der Waals surface area contributed by atoms with Gasteiger partial charge in [-0.3, -0.25) is 14.5 Å². The van der Waals surface area contributed by atoms with Crippen molar-refractivity contribution in [2.24, 2.45) is 11.3 Å². The van der Waals surface area contributed by atoms with Crippen LogP contribution in [0.15, 0.2) is 18.2 Å². The van der Waals surface area contributed by atoms with Gasteiger partial charge >= 0.3 is 6.18 Å². The number of fused-ring (bicyclic) bond motifs is 1. The van der Waals surface area contributed by atoms with E-state index in [2.05, 4.69) is 5.32 Å². The van der Waals surface area contributed by atoms with Gasteiger partial charge in [-0.2, -0.15) is 13.2 Å². The molecule has 2 fully saturated rings. The van der Waals surface area contributed by atoms with Crippen molar-refractivity contribution in [3.63, 3.8) is 0 Å². The Labute approximate surface area is 190 Å². The summed E-state index contributed by atoms with van der Waals surface area (Å²) in [5.74, 6) is -1.08. The number of hydrogen-bond donors (Lipinski definition) is 1. The molecule has 0 aromatic heterocycles. The highest BCUT2D eigenvalue weighted by molar-refractivity contribution is 6.08. The van der Waals surface area contributed by atoms with Crippen LogP contribution in [0.2, 0.25) is 0 Å². The molecule has 2 aliphatic heterocycles. The highest BCUT2D eigenvalue weighted by Gasteiger charge is 2.51. The zero-order valence-corrected chi connectivity index (χ0v) is 18.9. The fourth-order valence-corrected chi connectivity index (χ4v) is 5.49. The molecule has 0 bridgehead atoms. The van der Waals surface area contributed by atoms with Crippen molar-refractivity contribution in [2.45, 2.75) is 70.4 Å². The van der Waals surface area contributed by atoms with Crippen LogP contribution in [0, 0.1) is 11.3 Å². The second-order valence-electron chi connectivity index (χ2n) is 9.78. The minimum Gasteiger partial charge on any atom is -0.378 e. The lowest BCUT2D eigenvalue weighted by atomic mass is 9.73. The Bertz CT molecular complexity index is 919. The monoisotopic (exact) mass is 470 g/mol. The second kappa shape index (κ2) is 8.98. The standard InChI is InChI=1S/C24H30F4N2O3/c1-14(2)23(8-5-17(12-23)29-20-7-10-33-13-19(20)25)22(32)30-9-6-15-3-4-16(24(26,27)28)11-18(15)21(30)31/h3-4,11,14,17,19-20,29H,5-10,12-13H2,1-2H3/t17-,19?,20?,23+/m1/s1. The van der Waals surface area contributed by atoms with Gasteiger partial charge in [0.2, 0.25) is 5.91 Å². The molecule has 33 heavy (non-hydrogen) atoms. The number of nitrogens with zero attached hydrogens (tertiary/aromatic N) is 1. The van der Waals surface area contributed by atoms with E-state index in [1.807, 2.05) is 13.8 Å². The molecule has 1 aromatic rings. The number of carbonyl (C=O) groups is 2. The largest absolute Gasteiger partial charge is 0.416 e. The van der Waals surface area contributed by atoms with E-state index in [1.165, 1.54) is 6.07 Å². The summed E-state index contributed by atoms with van der Waals surface area (Å²) in [4.78, 5) is 28.0. The Hall–Kier alpha value is -2.00. The van der Waals surface area contributed by atoms with E-state index in [-0.39, 0.29) is 42.6 Å². The quantitative estimate of drug-likeness (QED) is 0.531. The van der Waals surface area contributed by atoms with Crippen LogP contribution >= 0.6 is 0 Å². The number of hydrogen-bond acceptors (Lipinski definition) is 4. The minimum atomic E-state index is -4.57. The van der Waals surface area contributed by atoms with Crippen LogP contribution in [0.1, 0.15) is 61.0 Å². The average Bonchev–Trinajstić information content (AvgIpc) is 3.20. The summed E-state index contributed by atoms with van der Waals surface area (Å²) in [5, 5.41) is 3.35. The fraction of sp³-hybridized carbons (Fsp3) is 0.667. The molecule has 3 aliphatic rings. The highest BCUT2D eigenvalue weighted by atomic mass is 19.4. The summed E-state index contributed by atoms with van der Waals surface area (Å²) in [5.41, 5.74) is -1.25. The lowest BCUT2D eigenvalue weighted by Crippen LogP contribution is -2.52. The number of halogens is 4. The third kappa shape index (κ3) is 4.54. The Balaban J connectivity index is 1.54. The average molecular weight is 471 g/mol. The Morgan fingerprint density at radius 1 is 1.27 bits per heavy atom. The molecule has 2 unspecified atom stereocenters. The highest BCUT2D eigenvalue weighted by Crippen LogP contribution is 2.47. The van der Waals surface area contributed by atoms with Crippen molar-refractivity contribution in [3.8, 4) is 0 Å². The zero-order valence-electron chi connectivity index (χ0n) is 18.9. The molecule has 2 heterocycles. The molecule has 4 atom stereocenters. The van der Waals surface area contributed by atoms with Gasteiger partial charge in [0, 0.05) is 30.8 Å². The summed E-state index contributed by atoms with van der Waals surface area (Å²) in [6.07, 6.45) is -3.11. The zero-order chi connectivity index (χ0) is 24.0. The first-order chi connectivity index (χ1) is 15.5. The predicted octanol–water partition coefficient (Wildman–Crippen LogP) is 4.14. The Kier molecular flexibility index (Phi) is 6.57. The first kappa shape index (κ1) is 24.1. The van der Waals surface area contributed by atoms with Crippen molar-refractivity contribution in [3.05, 3.63) is 34.9 Å². The molecule has 0 radical (unpaired) electrons. The van der Waals surface area contributed by atoms with Crippen LogP contribution < -0.4 is 5.32 Å². The summed E-state index contributed by atoms with van der Waals surface area (Å²) >= 11 is 0. The summed E-state index contributed by atoms with van der Waals surface area (Å²) < 4.78 is 58.9. The van der Waals surface area contributed by atoms with Crippen LogP contribution in [-0.4, -0.2) is 54.7 Å². The predicted molar refractivity (Wildman–Crippen MR) is 113 cm³/mol. The lowest BCUT2D eigenvalue weighted by Gasteiger charge is -2.39. The molecule has 0 spiro atoms. The van der Waals surface area contributed by atoms with Crippen molar-refractivity contribution in [2.75, 3.05) is 19.8 Å². The van der Waals surface area contributed by atoms with E-state index in [4.69, 9.17) is 4.74 Å². The van der Waals surface area contributed by atoms with Gasteiger partial charge in [-0.1, -0.05) is 19.9 Å². The number of benzene rings is 1. The van der Waals surface area contributed by atoms with Gasteiger partial charge in [0.1, 0.15) is 6.17 Å². The smallest absolute Gasteiger partial charge is 0.378 e. The maximum atomic E-state index is 14.2. The molecule has 1 aromatic carbocycles. The lowest BCUT2D eigenvalue weighted by molar-refractivity contribution is -0.142. The number of nitrogens with one attached hydrogen (secondary N) is 1. The van der Waals surface area contributed by atoms with Gasteiger partial charge in [-0.25, -0.2) is 4.39 Å². The van der Waals surface area contributed by atoms with Crippen LogP contribution in [-0.2, 0) is 22.1 Å². The van der Waals surface area contributed by atoms with Gasteiger partial charge in [0.15, 0.2) is 0 Å². The summed E-state index contributed by atoms with van der Waals surface area (Å²) in [6, 6.07) is 2.76. The van der Waals surface area contributed by atoms with E-state index in [1.54, 1.807) is 0 Å². The first-order valence-corrected chi connectivity index (χ1v) is 11.6. The van der Waals surface area contributed by atoms with Crippen LogP contribution in [0.4, 0.5) is 17.6 Å². The third-order valence-electron chi connectivity index (χ3n) is 7.58. The SMILES string of the molecule is CC(C)[C@]1(C(=O)N2CCc3ccc(C(F)(F)F)cc3C2=O)CC[C@@H](NC2CCOCC2F)C1. The number of alkyl halides is 4. The van der Waals surface area contributed by atoms with Gasteiger partial charge in [0.05, 0.1) is 17.6 Å². The second-order valence-corrected chi connectivity index (χ2v) is 9.78. The molecule has 182 valence electrons. The van der Waals surface area contributed by atoms with Gasteiger partial charge in [-0.15, -0.1) is 0 Å². The Morgan fingerprint density at radius 3 is 2.70 bits per heavy atom. The van der Waals surface area contributed by atoms with Gasteiger partial charge in [-0.05, 0) is 55.7 Å². The van der Waals surface area contributed by atoms with Gasteiger partial charge < -0.3 is 10.1 Å². The van der Waals surface area contributed by atoms with E-state index in [0.29, 0.717) is 44.3 Å². The third-order valence-corrected chi connectivity index (χ3v) is 7.58. The molecule has 2 amide bonds. The van der Waals surface area contributed by atoms with E-state index < -0.39 is 29.2 Å². The van der Waals surface area contributed by atoms with Crippen molar-refractivity contribution in [1.82, 2.24) is 10.2 Å². The number of rotatable bonds is 4. The molecular weight excluding hydrogens is 440 g/mol. The summed E-state index contributed by atoms with van der Waals surface area (Å²) in [6.45, 7) is 4.55. The fourth-order valence-electron chi connectivity index (χ4n) is 5.49. The maximum absolute atomic E-state index is 14.2. The molecule has 1 saturated heterocycles. The Morgan fingerprint density at radius 2 is 2.03 bits per heavy atom. The topological polar surface area (TPSA) is 58.6 Å². The van der Waals surface area contributed by atoms with E-state index in [0.717, 1.165) is 17.0 Å². The van der Waals surface area contributed by atoms with Crippen molar-refractivity contribution in [1.29, 1.82) is 0 Å². The molecule has 1 aliphatic carbocycles. The number of carbonyl (C=O) groups excluding carboxylic acids is 2. The normalized spacial score (nSPS) is 30.6. The molecule has 4 rings (SSSR count). The van der Waals surface area contributed by atoms with E-state index >= 15 is 0 Å². The number of imide groups is 1. The van der Waals surface area contributed by atoms with Crippen molar-refractivity contribution < 1.29 is 31.9 Å². The molecular formula is C24H30F4N2O3. The van der Waals surface area contributed by atoms with Crippen LogP contribution in [0.3, 0.4) is 0 Å². The minimum absolute atomic E-state index is 0.0558. The molecule has 5 nitrogen and oxygen atoms in total. The van der Waals surface area contributed by atoms with Crippen LogP contribution in [0.5, 0.6) is 0 Å².